The number of halogens is 2. The molecule has 1 atom stereocenters. The van der Waals surface area contributed by atoms with Crippen molar-refractivity contribution in [2.75, 3.05) is 6.54 Å². The quantitative estimate of drug-likeness (QED) is 0.863. The molecule has 1 aliphatic heterocycles. The Labute approximate surface area is 138 Å². The van der Waals surface area contributed by atoms with Crippen LogP contribution < -0.4 is 4.74 Å². The van der Waals surface area contributed by atoms with Crippen LogP contribution in [0.2, 0.25) is 5.02 Å². The molecule has 23 heavy (non-hydrogen) atoms. The van der Waals surface area contributed by atoms with Gasteiger partial charge in [0.25, 0.3) is 5.91 Å². The summed E-state index contributed by atoms with van der Waals surface area (Å²) in [6.07, 6.45) is 1.50. The molecule has 5 nitrogen and oxygen atoms in total. The number of carbonyl (C=O) groups is 2. The normalized spacial score (nSPS) is 15.8. The van der Waals surface area contributed by atoms with E-state index in [1.165, 1.54) is 29.2 Å². The van der Waals surface area contributed by atoms with E-state index >= 15 is 0 Å². The first-order valence-electron chi connectivity index (χ1n) is 7.15. The first-order valence-corrected chi connectivity index (χ1v) is 7.53. The van der Waals surface area contributed by atoms with E-state index in [4.69, 9.17) is 16.3 Å². The van der Waals surface area contributed by atoms with Crippen LogP contribution in [0, 0.1) is 11.7 Å². The summed E-state index contributed by atoms with van der Waals surface area (Å²) in [5.41, 5.74) is 0. The Morgan fingerprint density at radius 2 is 2.17 bits per heavy atom. The molecular formula is C16H17ClFNO4. The maximum atomic E-state index is 13.8. The second kappa shape index (κ2) is 7.00. The molecule has 0 unspecified atom stereocenters. The minimum atomic E-state index is -1.07. The average molecular weight is 342 g/mol. The molecular weight excluding hydrogens is 325 g/mol. The maximum absolute atomic E-state index is 13.8. The molecule has 0 aliphatic carbocycles. The third-order valence-corrected chi connectivity index (χ3v) is 3.70. The van der Waals surface area contributed by atoms with E-state index in [0.29, 0.717) is 6.42 Å². The Morgan fingerprint density at radius 1 is 1.48 bits per heavy atom. The zero-order valence-corrected chi connectivity index (χ0v) is 13.5. The molecule has 0 saturated heterocycles. The summed E-state index contributed by atoms with van der Waals surface area (Å²) in [4.78, 5) is 24.6. The van der Waals surface area contributed by atoms with Gasteiger partial charge in [-0.05, 0) is 24.5 Å². The van der Waals surface area contributed by atoms with Gasteiger partial charge >= 0.3 is 5.97 Å². The van der Waals surface area contributed by atoms with Crippen LogP contribution in [0.25, 0.3) is 0 Å². The second-order valence-corrected chi connectivity index (χ2v) is 6.12. The lowest BCUT2D eigenvalue weighted by Gasteiger charge is -2.25. The van der Waals surface area contributed by atoms with E-state index in [9.17, 15) is 19.1 Å². The molecule has 124 valence electrons. The highest BCUT2D eigenvalue weighted by molar-refractivity contribution is 6.30. The average Bonchev–Trinajstić information content (AvgIpc) is 2.81. The van der Waals surface area contributed by atoms with Crippen molar-refractivity contribution in [1.82, 2.24) is 4.90 Å². The number of amides is 1. The van der Waals surface area contributed by atoms with Crippen molar-refractivity contribution in [2.45, 2.75) is 26.3 Å². The number of hydrogen-bond acceptors (Lipinski definition) is 3. The van der Waals surface area contributed by atoms with Crippen LogP contribution in [0.3, 0.4) is 0 Å². The highest BCUT2D eigenvalue weighted by Crippen LogP contribution is 2.28. The number of hydrogen-bond donors (Lipinski definition) is 1. The summed E-state index contributed by atoms with van der Waals surface area (Å²) >= 11 is 5.68. The summed E-state index contributed by atoms with van der Waals surface area (Å²) in [6.45, 7) is 3.74. The van der Waals surface area contributed by atoms with E-state index in [1.807, 2.05) is 13.8 Å². The number of ether oxygens (including phenoxy) is 1. The zero-order chi connectivity index (χ0) is 17.1. The fraction of sp³-hybridized carbons (Fsp3) is 0.375. The van der Waals surface area contributed by atoms with Crippen molar-refractivity contribution in [3.63, 3.8) is 0 Å². The Hall–Kier alpha value is -2.08. The molecule has 1 aromatic carbocycles. The van der Waals surface area contributed by atoms with Crippen LogP contribution in [-0.2, 0) is 9.59 Å². The largest absolute Gasteiger partial charge is 0.480 e. The van der Waals surface area contributed by atoms with Crippen LogP contribution in [0.5, 0.6) is 5.75 Å². The highest BCUT2D eigenvalue weighted by Gasteiger charge is 2.34. The first-order chi connectivity index (χ1) is 10.8. The molecule has 1 amide bonds. The zero-order valence-electron chi connectivity index (χ0n) is 12.8. The standard InChI is InChI=1S/C16H17ClFNO4/c1-9(2)6-12(16(21)22)19-8-10(7-14(19)20)23-13-5-3-4-11(17)15(13)18/h3-5,7,9,12H,6,8H2,1-2H3,(H,21,22)/t12-/m0/s1. The summed E-state index contributed by atoms with van der Waals surface area (Å²) in [6, 6.07) is 3.35. The molecule has 2 rings (SSSR count). The van der Waals surface area contributed by atoms with Crippen LogP contribution in [-0.4, -0.2) is 34.5 Å². The van der Waals surface area contributed by atoms with E-state index in [2.05, 4.69) is 0 Å². The summed E-state index contributed by atoms with van der Waals surface area (Å²) in [5, 5.41) is 9.23. The maximum Gasteiger partial charge on any atom is 0.326 e. The van der Waals surface area contributed by atoms with E-state index < -0.39 is 23.7 Å². The van der Waals surface area contributed by atoms with Crippen molar-refractivity contribution in [3.8, 4) is 5.75 Å². The third-order valence-electron chi connectivity index (χ3n) is 3.41. The SMILES string of the molecule is CC(C)C[C@@H](C(=O)O)N1CC(Oc2cccc(Cl)c2F)=CC1=O. The molecule has 1 heterocycles. The Balaban J connectivity index is 2.13. The minimum Gasteiger partial charge on any atom is -0.480 e. The van der Waals surface area contributed by atoms with Crippen LogP contribution in [0.4, 0.5) is 4.39 Å². The van der Waals surface area contributed by atoms with E-state index in [1.54, 1.807) is 0 Å². The van der Waals surface area contributed by atoms with Crippen LogP contribution in [0.1, 0.15) is 20.3 Å². The molecule has 0 aromatic heterocycles. The number of nitrogens with zero attached hydrogens (tertiary/aromatic N) is 1. The molecule has 0 saturated carbocycles. The predicted molar refractivity (Wildman–Crippen MR) is 82.7 cm³/mol. The minimum absolute atomic E-state index is 0.0194. The monoisotopic (exact) mass is 341 g/mol. The van der Waals surface area contributed by atoms with Gasteiger partial charge in [-0.3, -0.25) is 4.79 Å². The van der Waals surface area contributed by atoms with Crippen LogP contribution in [0.15, 0.2) is 30.0 Å². The number of rotatable bonds is 6. The second-order valence-electron chi connectivity index (χ2n) is 5.71. The van der Waals surface area contributed by atoms with Gasteiger partial charge in [-0.2, -0.15) is 0 Å². The molecule has 0 bridgehead atoms. The summed E-state index contributed by atoms with van der Waals surface area (Å²) in [7, 11) is 0. The molecule has 1 N–H and O–H groups in total. The van der Waals surface area contributed by atoms with Gasteiger partial charge in [0.1, 0.15) is 11.8 Å². The molecule has 7 heteroatoms. The van der Waals surface area contributed by atoms with Crippen molar-refractivity contribution in [1.29, 1.82) is 0 Å². The number of carboxylic acids is 1. The first kappa shape index (κ1) is 17.3. The lowest BCUT2D eigenvalue weighted by Crippen LogP contribution is -2.43. The van der Waals surface area contributed by atoms with Gasteiger partial charge in [-0.1, -0.05) is 31.5 Å². The predicted octanol–water partition coefficient (Wildman–Crippen LogP) is 3.08. The smallest absolute Gasteiger partial charge is 0.326 e. The van der Waals surface area contributed by atoms with Crippen molar-refractivity contribution in [2.24, 2.45) is 5.92 Å². The Bertz CT molecular complexity index is 659. The van der Waals surface area contributed by atoms with Crippen molar-refractivity contribution < 1.29 is 23.8 Å². The summed E-state index contributed by atoms with van der Waals surface area (Å²) < 4.78 is 19.2. The Morgan fingerprint density at radius 3 is 2.78 bits per heavy atom. The fourth-order valence-electron chi connectivity index (χ4n) is 2.35. The number of aliphatic carboxylic acids is 1. The number of carbonyl (C=O) groups excluding carboxylic acids is 1. The van der Waals surface area contributed by atoms with E-state index in [-0.39, 0.29) is 29.0 Å². The molecule has 1 aliphatic rings. The van der Waals surface area contributed by atoms with Crippen molar-refractivity contribution >= 4 is 23.5 Å². The van der Waals surface area contributed by atoms with Gasteiger partial charge in [0.15, 0.2) is 11.6 Å². The number of carboxylic acid groups (broad SMARTS) is 1. The van der Waals surface area contributed by atoms with Gasteiger partial charge in [0.05, 0.1) is 11.6 Å². The van der Waals surface area contributed by atoms with Gasteiger partial charge in [0, 0.05) is 6.08 Å². The molecule has 0 radical (unpaired) electrons. The summed E-state index contributed by atoms with van der Waals surface area (Å²) in [5.74, 6) is -2.07. The fourth-order valence-corrected chi connectivity index (χ4v) is 2.52. The molecule has 0 spiro atoms. The van der Waals surface area contributed by atoms with Gasteiger partial charge < -0.3 is 14.7 Å². The topological polar surface area (TPSA) is 66.8 Å². The van der Waals surface area contributed by atoms with Crippen LogP contribution >= 0.6 is 11.6 Å². The van der Waals surface area contributed by atoms with E-state index in [0.717, 1.165) is 0 Å². The number of benzene rings is 1. The molecule has 0 fully saturated rings. The highest BCUT2D eigenvalue weighted by atomic mass is 35.5. The lowest BCUT2D eigenvalue weighted by atomic mass is 10.0. The van der Waals surface area contributed by atoms with Gasteiger partial charge in [-0.25, -0.2) is 9.18 Å². The van der Waals surface area contributed by atoms with Crippen molar-refractivity contribution in [3.05, 3.63) is 40.9 Å². The van der Waals surface area contributed by atoms with Gasteiger partial charge in [-0.15, -0.1) is 0 Å². The molecule has 1 aromatic rings. The third kappa shape index (κ3) is 4.01. The lowest BCUT2D eigenvalue weighted by molar-refractivity contribution is -0.148. The van der Waals surface area contributed by atoms with Gasteiger partial charge in [0.2, 0.25) is 0 Å². The Kier molecular flexibility index (Phi) is 5.26.